The number of carboxylic acid groups (broad SMARTS) is 2. The summed E-state index contributed by atoms with van der Waals surface area (Å²) in [5.41, 5.74) is -0.445. The van der Waals surface area contributed by atoms with E-state index in [1.165, 1.54) is 24.3 Å². The van der Waals surface area contributed by atoms with Crippen molar-refractivity contribution in [2.45, 2.75) is 0 Å². The van der Waals surface area contributed by atoms with Crippen LogP contribution in [0, 0.1) is 0 Å². The zero-order chi connectivity index (χ0) is 13.9. The van der Waals surface area contributed by atoms with Crippen molar-refractivity contribution in [2.24, 2.45) is 0 Å². The molecular weight excluding hydrogens is 262 g/mol. The molecule has 98 valence electrons. The van der Waals surface area contributed by atoms with Crippen LogP contribution in [0.25, 0.3) is 0 Å². The van der Waals surface area contributed by atoms with E-state index in [9.17, 15) is 18.0 Å². The van der Waals surface area contributed by atoms with Crippen LogP contribution in [0.2, 0.25) is 0 Å². The predicted molar refractivity (Wildman–Crippen MR) is 63.2 cm³/mol. The van der Waals surface area contributed by atoms with Crippen LogP contribution in [0.5, 0.6) is 0 Å². The predicted octanol–water partition coefficient (Wildman–Crippen LogP) is 0.235. The molecule has 7 nitrogen and oxygen atoms in total. The first kappa shape index (κ1) is 14.0. The molecule has 0 aliphatic heterocycles. The zero-order valence-electron chi connectivity index (χ0n) is 9.40. The lowest BCUT2D eigenvalue weighted by Crippen LogP contribution is -2.35. The second kappa shape index (κ2) is 5.05. The van der Waals surface area contributed by atoms with Gasteiger partial charge in [0, 0.05) is 0 Å². The molecule has 0 aliphatic rings. The normalized spacial score (nSPS) is 10.9. The minimum absolute atomic E-state index is 0.171. The number of aliphatic carboxylic acids is 1. The SMILES string of the molecule is CS(=O)(=O)N(CC(=O)O)c1ccccc1C(=O)O. The monoisotopic (exact) mass is 273 g/mol. The number of rotatable bonds is 5. The van der Waals surface area contributed by atoms with E-state index in [-0.39, 0.29) is 11.3 Å². The van der Waals surface area contributed by atoms with Crippen LogP contribution < -0.4 is 4.31 Å². The van der Waals surface area contributed by atoms with Gasteiger partial charge in [-0.05, 0) is 12.1 Å². The van der Waals surface area contributed by atoms with E-state index in [0.717, 1.165) is 6.26 Å². The molecule has 0 amide bonds. The Labute approximate surface area is 103 Å². The van der Waals surface area contributed by atoms with E-state index in [2.05, 4.69) is 0 Å². The van der Waals surface area contributed by atoms with Crippen molar-refractivity contribution in [3.8, 4) is 0 Å². The summed E-state index contributed by atoms with van der Waals surface area (Å²) in [6.45, 7) is -0.830. The Balaban J connectivity index is 3.39. The molecule has 0 heterocycles. The smallest absolute Gasteiger partial charge is 0.337 e. The van der Waals surface area contributed by atoms with E-state index in [1.807, 2.05) is 0 Å². The zero-order valence-corrected chi connectivity index (χ0v) is 10.2. The van der Waals surface area contributed by atoms with Crippen molar-refractivity contribution >= 4 is 27.6 Å². The summed E-state index contributed by atoms with van der Waals surface area (Å²) in [7, 11) is -3.88. The summed E-state index contributed by atoms with van der Waals surface area (Å²) in [4.78, 5) is 21.6. The molecular formula is C10H11NO6S. The van der Waals surface area contributed by atoms with Gasteiger partial charge in [-0.1, -0.05) is 12.1 Å². The Kier molecular flexibility index (Phi) is 3.92. The van der Waals surface area contributed by atoms with Crippen LogP contribution in [0.4, 0.5) is 5.69 Å². The summed E-state index contributed by atoms with van der Waals surface area (Å²) in [6.07, 6.45) is 0.814. The molecule has 0 saturated carbocycles. The van der Waals surface area contributed by atoms with Crippen molar-refractivity contribution in [3.63, 3.8) is 0 Å². The van der Waals surface area contributed by atoms with E-state index >= 15 is 0 Å². The average molecular weight is 273 g/mol. The number of benzene rings is 1. The Bertz CT molecular complexity index is 580. The molecule has 0 aliphatic carbocycles. The van der Waals surface area contributed by atoms with E-state index in [4.69, 9.17) is 10.2 Å². The highest BCUT2D eigenvalue weighted by Crippen LogP contribution is 2.22. The van der Waals surface area contributed by atoms with Crippen LogP contribution in [-0.4, -0.2) is 43.4 Å². The fourth-order valence-electron chi connectivity index (χ4n) is 1.38. The molecule has 1 aromatic carbocycles. The highest BCUT2D eigenvalue weighted by Gasteiger charge is 2.24. The largest absolute Gasteiger partial charge is 0.480 e. The van der Waals surface area contributed by atoms with Gasteiger partial charge in [0.15, 0.2) is 0 Å². The average Bonchev–Trinajstić information content (AvgIpc) is 2.24. The van der Waals surface area contributed by atoms with Crippen LogP contribution >= 0.6 is 0 Å². The first-order valence-corrected chi connectivity index (χ1v) is 6.60. The molecule has 0 unspecified atom stereocenters. The maximum absolute atomic E-state index is 11.5. The van der Waals surface area contributed by atoms with E-state index in [1.54, 1.807) is 0 Å². The molecule has 18 heavy (non-hydrogen) atoms. The molecule has 0 saturated heterocycles. The number of aromatic carboxylic acids is 1. The third-order valence-corrected chi connectivity index (χ3v) is 3.21. The van der Waals surface area contributed by atoms with Gasteiger partial charge in [-0.15, -0.1) is 0 Å². The third kappa shape index (κ3) is 3.20. The van der Waals surface area contributed by atoms with Crippen molar-refractivity contribution < 1.29 is 28.2 Å². The van der Waals surface area contributed by atoms with Crippen molar-refractivity contribution in [1.82, 2.24) is 0 Å². The lowest BCUT2D eigenvalue weighted by Gasteiger charge is -2.21. The van der Waals surface area contributed by atoms with Crippen LogP contribution in [-0.2, 0) is 14.8 Å². The van der Waals surface area contributed by atoms with E-state index < -0.39 is 28.5 Å². The molecule has 0 bridgehead atoms. The van der Waals surface area contributed by atoms with Gasteiger partial charge in [0.1, 0.15) is 6.54 Å². The number of hydrogen-bond donors (Lipinski definition) is 2. The molecule has 2 N–H and O–H groups in total. The van der Waals surface area contributed by atoms with Gasteiger partial charge in [-0.25, -0.2) is 13.2 Å². The third-order valence-electron chi connectivity index (χ3n) is 2.08. The number of hydrogen-bond acceptors (Lipinski definition) is 4. The first-order valence-electron chi connectivity index (χ1n) is 4.75. The minimum atomic E-state index is -3.88. The van der Waals surface area contributed by atoms with Gasteiger partial charge in [0.25, 0.3) is 0 Å². The van der Waals surface area contributed by atoms with E-state index in [0.29, 0.717) is 4.31 Å². The summed E-state index contributed by atoms with van der Waals surface area (Å²) < 4.78 is 23.6. The highest BCUT2D eigenvalue weighted by molar-refractivity contribution is 7.92. The number of carbonyl (C=O) groups is 2. The molecule has 0 aromatic heterocycles. The number of sulfonamides is 1. The van der Waals surface area contributed by atoms with Gasteiger partial charge >= 0.3 is 11.9 Å². The highest BCUT2D eigenvalue weighted by atomic mass is 32.2. The van der Waals surface area contributed by atoms with Crippen LogP contribution in [0.15, 0.2) is 24.3 Å². The quantitative estimate of drug-likeness (QED) is 0.794. The number of nitrogens with zero attached hydrogens (tertiary/aromatic N) is 1. The topological polar surface area (TPSA) is 112 Å². The molecule has 1 rings (SSSR count). The molecule has 0 radical (unpaired) electrons. The summed E-state index contributed by atoms with van der Waals surface area (Å²) >= 11 is 0. The van der Waals surface area contributed by atoms with Crippen LogP contribution in [0.1, 0.15) is 10.4 Å². The fraction of sp³-hybridized carbons (Fsp3) is 0.200. The van der Waals surface area contributed by atoms with Gasteiger partial charge in [-0.3, -0.25) is 9.10 Å². The first-order chi connectivity index (χ1) is 8.23. The van der Waals surface area contributed by atoms with Crippen molar-refractivity contribution in [1.29, 1.82) is 0 Å². The van der Waals surface area contributed by atoms with Gasteiger partial charge < -0.3 is 10.2 Å². The molecule has 0 fully saturated rings. The summed E-state index contributed by atoms with van der Waals surface area (Å²) in [5, 5.41) is 17.6. The standard InChI is InChI=1S/C10H11NO6S/c1-18(16,17)11(6-9(12)13)8-5-3-2-4-7(8)10(14)15/h2-5H,6H2,1H3,(H,12,13)(H,14,15). The Morgan fingerprint density at radius 1 is 1.22 bits per heavy atom. The van der Waals surface area contributed by atoms with Crippen LogP contribution in [0.3, 0.4) is 0 Å². The maximum atomic E-state index is 11.5. The lowest BCUT2D eigenvalue weighted by molar-refractivity contribution is -0.135. The Hall–Kier alpha value is -2.09. The fourth-order valence-corrected chi connectivity index (χ4v) is 2.24. The maximum Gasteiger partial charge on any atom is 0.337 e. The van der Waals surface area contributed by atoms with Gasteiger partial charge in [0.2, 0.25) is 10.0 Å². The molecule has 0 spiro atoms. The number of anilines is 1. The second-order valence-corrected chi connectivity index (χ2v) is 5.39. The number of para-hydroxylation sites is 1. The summed E-state index contributed by atoms with van der Waals surface area (Å²) in [5.74, 6) is -2.70. The Morgan fingerprint density at radius 2 is 1.78 bits per heavy atom. The van der Waals surface area contributed by atoms with Crippen molar-refractivity contribution in [2.75, 3.05) is 17.1 Å². The second-order valence-electron chi connectivity index (χ2n) is 3.49. The lowest BCUT2D eigenvalue weighted by atomic mass is 10.2. The number of carboxylic acids is 2. The minimum Gasteiger partial charge on any atom is -0.480 e. The Morgan fingerprint density at radius 3 is 2.22 bits per heavy atom. The molecule has 1 aromatic rings. The molecule has 8 heteroatoms. The van der Waals surface area contributed by atoms with Gasteiger partial charge in [0.05, 0.1) is 17.5 Å². The summed E-state index contributed by atoms with van der Waals surface area (Å²) in [6, 6.07) is 5.31. The van der Waals surface area contributed by atoms with Gasteiger partial charge in [-0.2, -0.15) is 0 Å². The van der Waals surface area contributed by atoms with Crippen molar-refractivity contribution in [3.05, 3.63) is 29.8 Å². The molecule has 0 atom stereocenters.